The summed E-state index contributed by atoms with van der Waals surface area (Å²) in [4.78, 5) is 23.6. The number of hydrogen-bond acceptors (Lipinski definition) is 3. The molecule has 3 N–H and O–H groups in total. The van der Waals surface area contributed by atoms with Gasteiger partial charge in [0.05, 0.1) is 16.6 Å². The molecule has 0 amide bonds. The number of fused-ring (bicyclic) bond motifs is 1. The summed E-state index contributed by atoms with van der Waals surface area (Å²) in [6, 6.07) is 7.84. The summed E-state index contributed by atoms with van der Waals surface area (Å²) < 4.78 is 0. The number of para-hydroxylation sites is 1. The minimum absolute atomic E-state index is 0.201. The van der Waals surface area contributed by atoms with Crippen LogP contribution < -0.4 is 16.1 Å². The number of rotatable bonds is 2. The summed E-state index contributed by atoms with van der Waals surface area (Å²) in [6.07, 6.45) is 7.06. The van der Waals surface area contributed by atoms with Crippen molar-refractivity contribution in [3.8, 4) is 11.5 Å². The van der Waals surface area contributed by atoms with Crippen molar-refractivity contribution in [2.45, 2.75) is 0 Å². The first kappa shape index (κ1) is 11.7. The van der Waals surface area contributed by atoms with Crippen LogP contribution in [0.3, 0.4) is 0 Å². The maximum Gasteiger partial charge on any atom is 0.272 e. The van der Waals surface area contributed by atoms with Crippen molar-refractivity contribution >= 4 is 12.2 Å². The van der Waals surface area contributed by atoms with E-state index >= 15 is 0 Å². The van der Waals surface area contributed by atoms with Gasteiger partial charge in [-0.2, -0.15) is 0 Å². The molecular formula is C15H11N5O. The molecule has 0 fully saturated rings. The second-order valence-electron chi connectivity index (χ2n) is 4.69. The van der Waals surface area contributed by atoms with Gasteiger partial charge in [-0.05, 0) is 18.2 Å². The van der Waals surface area contributed by atoms with E-state index in [1.165, 1.54) is 0 Å². The van der Waals surface area contributed by atoms with Gasteiger partial charge in [0.1, 0.15) is 5.69 Å². The Labute approximate surface area is 118 Å². The minimum atomic E-state index is -0.201. The zero-order chi connectivity index (χ0) is 14.2. The molecule has 0 atom stereocenters. The number of H-pyrrole nitrogens is 3. The van der Waals surface area contributed by atoms with Crippen molar-refractivity contribution in [3.05, 3.63) is 68.8 Å². The van der Waals surface area contributed by atoms with Crippen molar-refractivity contribution in [3.63, 3.8) is 0 Å². The van der Waals surface area contributed by atoms with Gasteiger partial charge in [0.15, 0.2) is 5.82 Å². The predicted octanol–water partition coefficient (Wildman–Crippen LogP) is 0.548. The molecule has 0 aliphatic carbocycles. The number of aromatic nitrogens is 4. The highest BCUT2D eigenvalue weighted by Crippen LogP contribution is 2.17. The normalized spacial score (nSPS) is 14.8. The fourth-order valence-electron chi connectivity index (χ4n) is 2.36. The van der Waals surface area contributed by atoms with E-state index in [1.54, 1.807) is 18.5 Å². The second-order valence-corrected chi connectivity index (χ2v) is 4.69. The summed E-state index contributed by atoms with van der Waals surface area (Å²) in [5.74, 6) is 0.607. The van der Waals surface area contributed by atoms with E-state index in [0.717, 1.165) is 16.3 Å². The summed E-state index contributed by atoms with van der Waals surface area (Å²) in [7, 11) is 0. The van der Waals surface area contributed by atoms with Gasteiger partial charge >= 0.3 is 0 Å². The zero-order valence-corrected chi connectivity index (χ0v) is 10.9. The summed E-state index contributed by atoms with van der Waals surface area (Å²) in [6.45, 7) is 0. The molecule has 1 aromatic carbocycles. The molecule has 0 saturated carbocycles. The summed E-state index contributed by atoms with van der Waals surface area (Å²) in [5.41, 5.74) is 1.67. The maximum absolute atomic E-state index is 12.0. The number of allylic oxidation sites excluding steroid dienone is 1. The van der Waals surface area contributed by atoms with Crippen molar-refractivity contribution in [2.24, 2.45) is 4.99 Å². The Bertz CT molecular complexity index is 968. The molecule has 3 aromatic rings. The van der Waals surface area contributed by atoms with Crippen molar-refractivity contribution in [1.29, 1.82) is 0 Å². The third-order valence-corrected chi connectivity index (χ3v) is 3.33. The monoisotopic (exact) mass is 277 g/mol. The van der Waals surface area contributed by atoms with Gasteiger partial charge in [-0.15, -0.1) is 0 Å². The lowest BCUT2D eigenvalue weighted by Gasteiger charge is -1.94. The Morgan fingerprint density at radius 3 is 2.86 bits per heavy atom. The molecule has 0 radical (unpaired) electrons. The van der Waals surface area contributed by atoms with Gasteiger partial charge in [0.2, 0.25) is 0 Å². The van der Waals surface area contributed by atoms with Gasteiger partial charge in [0, 0.05) is 17.6 Å². The van der Waals surface area contributed by atoms with Crippen LogP contribution in [-0.4, -0.2) is 20.2 Å². The Balaban J connectivity index is 1.87. The van der Waals surface area contributed by atoms with Crippen LogP contribution in [0.1, 0.15) is 5.56 Å². The van der Waals surface area contributed by atoms with Crippen LogP contribution in [0, 0.1) is 0 Å². The van der Waals surface area contributed by atoms with Crippen molar-refractivity contribution < 1.29 is 0 Å². The third kappa shape index (κ3) is 1.93. The average molecular weight is 277 g/mol. The standard InChI is InChI=1S/C15H11N5O/c21-15-11(13(19-20-15)14-16-5-6-17-14)8-10-7-9-3-1-2-4-12(9)18-10/h1-8H,(H,16,17)(H2,19,20,21). The fraction of sp³-hybridized carbons (Fsp3) is 0. The first-order valence-corrected chi connectivity index (χ1v) is 6.49. The van der Waals surface area contributed by atoms with Crippen molar-refractivity contribution in [1.82, 2.24) is 20.2 Å². The van der Waals surface area contributed by atoms with Crippen LogP contribution in [-0.2, 0) is 0 Å². The second kappa shape index (κ2) is 4.45. The number of nitrogens with one attached hydrogen (secondary N) is 3. The highest BCUT2D eigenvalue weighted by atomic mass is 16.1. The van der Waals surface area contributed by atoms with Gasteiger partial charge < -0.3 is 4.98 Å². The highest BCUT2D eigenvalue weighted by molar-refractivity contribution is 5.73. The number of aromatic amines is 3. The lowest BCUT2D eigenvalue weighted by Crippen LogP contribution is -2.19. The van der Waals surface area contributed by atoms with Crippen LogP contribution in [0.5, 0.6) is 0 Å². The number of benzene rings is 1. The number of hydrogen-bond donors (Lipinski definition) is 3. The molecule has 0 bridgehead atoms. The molecule has 0 spiro atoms. The molecule has 3 heterocycles. The summed E-state index contributed by atoms with van der Waals surface area (Å²) in [5, 5.41) is 7.38. The van der Waals surface area contributed by atoms with Gasteiger partial charge in [0.25, 0.3) is 5.56 Å². The van der Waals surface area contributed by atoms with E-state index in [-0.39, 0.29) is 5.56 Å². The molecule has 6 nitrogen and oxygen atoms in total. The lowest BCUT2D eigenvalue weighted by molar-refractivity contribution is 1.05. The van der Waals surface area contributed by atoms with E-state index in [1.807, 2.05) is 30.3 Å². The molecule has 4 rings (SSSR count). The third-order valence-electron chi connectivity index (χ3n) is 3.33. The van der Waals surface area contributed by atoms with Crippen LogP contribution in [0.25, 0.3) is 23.7 Å². The fourth-order valence-corrected chi connectivity index (χ4v) is 2.36. The molecule has 102 valence electrons. The summed E-state index contributed by atoms with van der Waals surface area (Å²) >= 11 is 0. The molecule has 1 aliphatic heterocycles. The molecule has 6 heteroatoms. The number of nitrogens with zero attached hydrogens (tertiary/aromatic N) is 2. The van der Waals surface area contributed by atoms with Gasteiger partial charge in [-0.3, -0.25) is 15.0 Å². The van der Waals surface area contributed by atoms with E-state index < -0.39 is 0 Å². The Morgan fingerprint density at radius 2 is 2.05 bits per heavy atom. The van der Waals surface area contributed by atoms with Crippen LogP contribution in [0.4, 0.5) is 0 Å². The largest absolute Gasteiger partial charge is 0.343 e. The van der Waals surface area contributed by atoms with E-state index in [4.69, 9.17) is 0 Å². The van der Waals surface area contributed by atoms with Crippen LogP contribution in [0.2, 0.25) is 0 Å². The number of imidazole rings is 1. The zero-order valence-electron chi connectivity index (χ0n) is 10.9. The predicted molar refractivity (Wildman–Crippen MR) is 78.7 cm³/mol. The smallest absolute Gasteiger partial charge is 0.272 e. The average Bonchev–Trinajstić information content (AvgIpc) is 3.19. The quantitative estimate of drug-likeness (QED) is 0.638. The molecule has 1 aliphatic rings. The minimum Gasteiger partial charge on any atom is -0.343 e. The van der Waals surface area contributed by atoms with Crippen molar-refractivity contribution in [2.75, 3.05) is 0 Å². The molecule has 0 unspecified atom stereocenters. The van der Waals surface area contributed by atoms with Crippen LogP contribution in [0.15, 0.2) is 52.1 Å². The van der Waals surface area contributed by atoms with Crippen LogP contribution >= 0.6 is 0 Å². The topological polar surface area (TPSA) is 89.7 Å². The Kier molecular flexibility index (Phi) is 2.47. The van der Waals surface area contributed by atoms with Gasteiger partial charge in [-0.1, -0.05) is 18.2 Å². The first-order chi connectivity index (χ1) is 10.3. The van der Waals surface area contributed by atoms with E-state index in [9.17, 15) is 4.79 Å². The van der Waals surface area contributed by atoms with E-state index in [0.29, 0.717) is 17.1 Å². The molecule has 0 saturated heterocycles. The Hall–Kier alpha value is -3.15. The van der Waals surface area contributed by atoms with E-state index in [2.05, 4.69) is 25.2 Å². The van der Waals surface area contributed by atoms with Gasteiger partial charge in [-0.25, -0.2) is 9.98 Å². The maximum atomic E-state index is 12.0. The lowest BCUT2D eigenvalue weighted by atomic mass is 10.2. The SMILES string of the molecule is O=c1[nH][nH]c(-c2ncc[nH]2)c1C=C1C=c2ccccc2=N1. The molecular weight excluding hydrogens is 266 g/mol. The molecule has 2 aromatic heterocycles. The molecule has 21 heavy (non-hydrogen) atoms. The highest BCUT2D eigenvalue weighted by Gasteiger charge is 2.12. The Morgan fingerprint density at radius 1 is 1.14 bits per heavy atom. The first-order valence-electron chi connectivity index (χ1n) is 6.49.